The van der Waals surface area contributed by atoms with Gasteiger partial charge in [-0.05, 0) is 23.8 Å². The maximum Gasteiger partial charge on any atom is 0.226 e. The first kappa shape index (κ1) is 9.98. The third-order valence-corrected chi connectivity index (χ3v) is 2.31. The Balaban J connectivity index is 2.06. The van der Waals surface area contributed by atoms with Crippen molar-refractivity contribution < 1.29 is 14.6 Å². The predicted molar refractivity (Wildman–Crippen MR) is 56.0 cm³/mol. The SMILES string of the molecule is O=C(CCO)Nc1ccc2c(c1)CCO2. The fraction of sp³-hybridized carbons (Fsp3) is 0.364. The van der Waals surface area contributed by atoms with Crippen LogP contribution in [-0.4, -0.2) is 24.2 Å². The van der Waals surface area contributed by atoms with Gasteiger partial charge in [-0.1, -0.05) is 0 Å². The Morgan fingerprint density at radius 1 is 1.53 bits per heavy atom. The van der Waals surface area contributed by atoms with Crippen LogP contribution in [0.4, 0.5) is 5.69 Å². The van der Waals surface area contributed by atoms with Crippen molar-refractivity contribution in [2.24, 2.45) is 0 Å². The van der Waals surface area contributed by atoms with Crippen LogP contribution >= 0.6 is 0 Å². The summed E-state index contributed by atoms with van der Waals surface area (Å²) in [6.07, 6.45) is 1.02. The number of aliphatic hydroxyl groups excluding tert-OH is 1. The molecule has 0 saturated heterocycles. The normalized spacial score (nSPS) is 13.1. The summed E-state index contributed by atoms with van der Waals surface area (Å²) in [7, 11) is 0. The first-order valence-corrected chi connectivity index (χ1v) is 4.96. The van der Waals surface area contributed by atoms with Crippen LogP contribution in [0.3, 0.4) is 0 Å². The highest BCUT2D eigenvalue weighted by Crippen LogP contribution is 2.27. The van der Waals surface area contributed by atoms with E-state index in [1.54, 1.807) is 6.07 Å². The molecule has 4 heteroatoms. The molecule has 1 aromatic carbocycles. The second-order valence-corrected chi connectivity index (χ2v) is 3.44. The summed E-state index contributed by atoms with van der Waals surface area (Å²) in [5.74, 6) is 0.728. The number of benzene rings is 1. The van der Waals surface area contributed by atoms with Gasteiger partial charge in [0.25, 0.3) is 0 Å². The Kier molecular flexibility index (Phi) is 2.87. The minimum atomic E-state index is -0.170. The van der Waals surface area contributed by atoms with Crippen molar-refractivity contribution >= 4 is 11.6 Å². The minimum absolute atomic E-state index is 0.125. The van der Waals surface area contributed by atoms with Crippen molar-refractivity contribution in [3.05, 3.63) is 23.8 Å². The molecule has 0 spiro atoms. The molecule has 0 bridgehead atoms. The molecule has 1 aromatic rings. The fourth-order valence-electron chi connectivity index (χ4n) is 1.59. The summed E-state index contributed by atoms with van der Waals surface area (Å²) in [6.45, 7) is 0.587. The first-order valence-electron chi connectivity index (χ1n) is 4.96. The van der Waals surface area contributed by atoms with Crippen molar-refractivity contribution in [1.82, 2.24) is 0 Å². The number of carbonyl (C=O) groups is 1. The van der Waals surface area contributed by atoms with Gasteiger partial charge in [0.15, 0.2) is 0 Å². The van der Waals surface area contributed by atoms with Crippen LogP contribution in [0.2, 0.25) is 0 Å². The first-order chi connectivity index (χ1) is 7.29. The van der Waals surface area contributed by atoms with E-state index >= 15 is 0 Å². The van der Waals surface area contributed by atoms with Gasteiger partial charge in [-0.2, -0.15) is 0 Å². The summed E-state index contributed by atoms with van der Waals surface area (Å²) in [4.78, 5) is 11.2. The van der Waals surface area contributed by atoms with E-state index in [9.17, 15) is 4.79 Å². The lowest BCUT2D eigenvalue weighted by Crippen LogP contribution is -2.12. The topological polar surface area (TPSA) is 58.6 Å². The van der Waals surface area contributed by atoms with Crippen LogP contribution in [-0.2, 0) is 11.2 Å². The molecule has 15 heavy (non-hydrogen) atoms. The Labute approximate surface area is 87.9 Å². The molecule has 0 aliphatic carbocycles. The van der Waals surface area contributed by atoms with Gasteiger partial charge in [0, 0.05) is 12.1 Å². The molecule has 1 aliphatic rings. The van der Waals surface area contributed by atoms with Gasteiger partial charge in [0.1, 0.15) is 5.75 Å². The summed E-state index contributed by atoms with van der Waals surface area (Å²) in [5.41, 5.74) is 1.88. The molecule has 4 nitrogen and oxygen atoms in total. The highest BCUT2D eigenvalue weighted by Gasteiger charge is 2.12. The fourth-order valence-corrected chi connectivity index (χ4v) is 1.59. The summed E-state index contributed by atoms with van der Waals surface area (Å²) >= 11 is 0. The molecule has 2 N–H and O–H groups in total. The summed E-state index contributed by atoms with van der Waals surface area (Å²) in [6, 6.07) is 5.58. The third-order valence-electron chi connectivity index (χ3n) is 2.31. The number of carbonyl (C=O) groups excluding carboxylic acids is 1. The van der Waals surface area contributed by atoms with E-state index in [1.807, 2.05) is 12.1 Å². The largest absolute Gasteiger partial charge is 0.493 e. The standard InChI is InChI=1S/C11H13NO3/c13-5-3-11(14)12-9-1-2-10-8(7-9)4-6-15-10/h1-2,7,13H,3-6H2,(H,12,14). The smallest absolute Gasteiger partial charge is 0.226 e. The van der Waals surface area contributed by atoms with E-state index in [-0.39, 0.29) is 18.9 Å². The van der Waals surface area contributed by atoms with E-state index in [0.29, 0.717) is 6.61 Å². The van der Waals surface area contributed by atoms with Crippen LogP contribution < -0.4 is 10.1 Å². The van der Waals surface area contributed by atoms with E-state index in [1.165, 1.54) is 0 Å². The number of amides is 1. The molecule has 1 heterocycles. The van der Waals surface area contributed by atoms with Gasteiger partial charge >= 0.3 is 0 Å². The van der Waals surface area contributed by atoms with Gasteiger partial charge in [-0.15, -0.1) is 0 Å². The molecule has 1 aliphatic heterocycles. The van der Waals surface area contributed by atoms with Gasteiger partial charge in [-0.25, -0.2) is 0 Å². The van der Waals surface area contributed by atoms with Gasteiger partial charge in [-0.3, -0.25) is 4.79 Å². The van der Waals surface area contributed by atoms with Crippen LogP contribution in [0.15, 0.2) is 18.2 Å². The van der Waals surface area contributed by atoms with E-state index in [0.717, 1.165) is 23.4 Å². The molecular weight excluding hydrogens is 194 g/mol. The highest BCUT2D eigenvalue weighted by atomic mass is 16.5. The lowest BCUT2D eigenvalue weighted by molar-refractivity contribution is -0.116. The number of hydrogen-bond donors (Lipinski definition) is 2. The third kappa shape index (κ3) is 2.27. The van der Waals surface area contributed by atoms with Crippen LogP contribution in [0.1, 0.15) is 12.0 Å². The molecule has 0 aromatic heterocycles. The zero-order valence-corrected chi connectivity index (χ0v) is 8.32. The molecule has 0 atom stereocenters. The molecule has 80 valence electrons. The molecule has 1 amide bonds. The average molecular weight is 207 g/mol. The quantitative estimate of drug-likeness (QED) is 0.775. The molecule has 0 radical (unpaired) electrons. The van der Waals surface area contributed by atoms with Crippen molar-refractivity contribution in [3.8, 4) is 5.75 Å². The summed E-state index contributed by atoms with van der Waals surface area (Å²) < 4.78 is 5.35. The van der Waals surface area contributed by atoms with Crippen molar-refractivity contribution in [2.75, 3.05) is 18.5 Å². The van der Waals surface area contributed by atoms with Crippen LogP contribution in [0.5, 0.6) is 5.75 Å². The van der Waals surface area contributed by atoms with Crippen molar-refractivity contribution in [2.45, 2.75) is 12.8 Å². The van der Waals surface area contributed by atoms with Gasteiger partial charge in [0.2, 0.25) is 5.91 Å². The lowest BCUT2D eigenvalue weighted by atomic mass is 10.1. The summed E-state index contributed by atoms with van der Waals surface area (Å²) in [5, 5.41) is 11.3. The molecule has 0 unspecified atom stereocenters. The minimum Gasteiger partial charge on any atom is -0.493 e. The number of aliphatic hydroxyl groups is 1. The second-order valence-electron chi connectivity index (χ2n) is 3.44. The zero-order valence-electron chi connectivity index (χ0n) is 8.32. The van der Waals surface area contributed by atoms with Crippen molar-refractivity contribution in [3.63, 3.8) is 0 Å². The number of hydrogen-bond acceptors (Lipinski definition) is 3. The Morgan fingerprint density at radius 3 is 3.20 bits per heavy atom. The average Bonchev–Trinajstić information content (AvgIpc) is 2.65. The maximum atomic E-state index is 11.2. The number of nitrogens with one attached hydrogen (secondary N) is 1. The molecule has 0 fully saturated rings. The number of rotatable bonds is 3. The zero-order chi connectivity index (χ0) is 10.7. The van der Waals surface area contributed by atoms with E-state index in [4.69, 9.17) is 9.84 Å². The Morgan fingerprint density at radius 2 is 2.40 bits per heavy atom. The van der Waals surface area contributed by atoms with Crippen LogP contribution in [0.25, 0.3) is 0 Å². The Bertz CT molecular complexity index is 376. The predicted octanol–water partition coefficient (Wildman–Crippen LogP) is 0.942. The molecule has 2 rings (SSSR count). The van der Waals surface area contributed by atoms with Gasteiger partial charge < -0.3 is 15.2 Å². The number of fused-ring (bicyclic) bond motifs is 1. The van der Waals surface area contributed by atoms with E-state index in [2.05, 4.69) is 5.32 Å². The second kappa shape index (κ2) is 4.31. The molecule has 0 saturated carbocycles. The monoisotopic (exact) mass is 207 g/mol. The van der Waals surface area contributed by atoms with Gasteiger partial charge in [0.05, 0.1) is 19.6 Å². The highest BCUT2D eigenvalue weighted by molar-refractivity contribution is 5.90. The lowest BCUT2D eigenvalue weighted by Gasteiger charge is -2.05. The molecular formula is C11H13NO3. The Hall–Kier alpha value is -1.55. The van der Waals surface area contributed by atoms with E-state index < -0.39 is 0 Å². The van der Waals surface area contributed by atoms with Crippen molar-refractivity contribution in [1.29, 1.82) is 0 Å². The maximum absolute atomic E-state index is 11.2. The van der Waals surface area contributed by atoms with Crippen LogP contribution in [0, 0.1) is 0 Å². The number of ether oxygens (including phenoxy) is 1. The number of anilines is 1.